The van der Waals surface area contributed by atoms with E-state index < -0.39 is 0 Å². The molecular weight excluding hydrogens is 324 g/mol. The minimum atomic E-state index is 0.0587. The van der Waals surface area contributed by atoms with Crippen molar-refractivity contribution in [2.24, 2.45) is 5.92 Å². The van der Waals surface area contributed by atoms with Crippen LogP contribution < -0.4 is 0 Å². The third-order valence-corrected chi connectivity index (χ3v) is 4.91. The van der Waals surface area contributed by atoms with Crippen LogP contribution in [0.5, 0.6) is 0 Å². The van der Waals surface area contributed by atoms with Crippen LogP contribution in [0.4, 0.5) is 0 Å². The number of furan rings is 1. The molecule has 3 aromatic rings. The average Bonchev–Trinajstić information content (AvgIpc) is 3.30. The summed E-state index contributed by atoms with van der Waals surface area (Å²) in [6, 6.07) is 16.1. The topological polar surface area (TPSA) is 46.3 Å². The van der Waals surface area contributed by atoms with Crippen molar-refractivity contribution in [2.45, 2.75) is 32.4 Å². The Balaban J connectivity index is 1.51. The van der Waals surface area contributed by atoms with E-state index in [1.54, 1.807) is 12.5 Å². The fraction of sp³-hybridized carbons (Fsp3) is 0.273. The first-order valence-electron chi connectivity index (χ1n) is 8.97. The summed E-state index contributed by atoms with van der Waals surface area (Å²) in [7, 11) is 0. The Bertz CT molecular complexity index is 874. The van der Waals surface area contributed by atoms with Crippen LogP contribution in [-0.2, 0) is 17.9 Å². The van der Waals surface area contributed by atoms with Crippen LogP contribution in [0, 0.1) is 12.8 Å². The summed E-state index contributed by atoms with van der Waals surface area (Å²) in [6.07, 6.45) is 6.13. The monoisotopic (exact) mass is 346 g/mol. The van der Waals surface area contributed by atoms with Gasteiger partial charge in [-0.1, -0.05) is 35.9 Å². The molecule has 0 aliphatic heterocycles. The van der Waals surface area contributed by atoms with Crippen molar-refractivity contribution in [3.05, 3.63) is 89.6 Å². The lowest BCUT2D eigenvalue weighted by atomic mass is 10.1. The van der Waals surface area contributed by atoms with E-state index in [1.807, 2.05) is 35.4 Å². The van der Waals surface area contributed by atoms with Crippen molar-refractivity contribution in [1.29, 1.82) is 0 Å². The molecule has 1 amide bonds. The number of carbonyl (C=O) groups excluding carboxylic acids is 1. The van der Waals surface area contributed by atoms with E-state index >= 15 is 0 Å². The van der Waals surface area contributed by atoms with Crippen LogP contribution in [0.1, 0.15) is 34.8 Å². The normalized spacial score (nSPS) is 18.5. The van der Waals surface area contributed by atoms with Crippen LogP contribution in [0.15, 0.2) is 71.6 Å². The van der Waals surface area contributed by atoms with Gasteiger partial charge in [0.05, 0.1) is 12.8 Å². The minimum Gasteiger partial charge on any atom is -0.467 e. The summed E-state index contributed by atoms with van der Waals surface area (Å²) in [5, 5.41) is 0. The van der Waals surface area contributed by atoms with E-state index in [4.69, 9.17) is 4.42 Å². The summed E-state index contributed by atoms with van der Waals surface area (Å²) >= 11 is 0. The lowest BCUT2D eigenvalue weighted by Crippen LogP contribution is -2.31. The number of aryl methyl sites for hydroxylation is 1. The molecule has 26 heavy (non-hydrogen) atoms. The Morgan fingerprint density at radius 2 is 2.12 bits per heavy atom. The highest BCUT2D eigenvalue weighted by atomic mass is 16.3. The predicted molar refractivity (Wildman–Crippen MR) is 99.2 cm³/mol. The van der Waals surface area contributed by atoms with Gasteiger partial charge in [-0.3, -0.25) is 9.78 Å². The standard InChI is InChI=1S/C22H22N2O2/c1-16-5-2-7-18(11-16)20-12-21(20)22(25)24(15-19-8-4-10-26-19)14-17-6-3-9-23-13-17/h2-11,13,20-21H,12,14-15H2,1H3/t20-,21+/m0/s1. The maximum Gasteiger partial charge on any atom is 0.227 e. The molecule has 2 heterocycles. The van der Waals surface area contributed by atoms with Crippen LogP contribution in [0.2, 0.25) is 0 Å². The van der Waals surface area contributed by atoms with Crippen molar-refractivity contribution in [3.63, 3.8) is 0 Å². The van der Waals surface area contributed by atoms with Gasteiger partial charge in [-0.05, 0) is 48.6 Å². The first kappa shape index (κ1) is 16.6. The summed E-state index contributed by atoms with van der Waals surface area (Å²) in [4.78, 5) is 19.2. The molecule has 0 radical (unpaired) electrons. The Morgan fingerprint density at radius 3 is 2.85 bits per heavy atom. The second-order valence-electron chi connectivity index (χ2n) is 7.00. The average molecular weight is 346 g/mol. The number of benzene rings is 1. The SMILES string of the molecule is Cc1cccc([C@@H]2C[C@H]2C(=O)N(Cc2cccnc2)Cc2ccco2)c1. The zero-order chi connectivity index (χ0) is 17.9. The van der Waals surface area contributed by atoms with Crippen molar-refractivity contribution in [2.75, 3.05) is 0 Å². The van der Waals surface area contributed by atoms with Gasteiger partial charge in [0.15, 0.2) is 0 Å². The number of hydrogen-bond donors (Lipinski definition) is 0. The zero-order valence-electron chi connectivity index (χ0n) is 14.8. The number of nitrogens with zero attached hydrogens (tertiary/aromatic N) is 2. The number of hydrogen-bond acceptors (Lipinski definition) is 3. The maximum absolute atomic E-state index is 13.2. The lowest BCUT2D eigenvalue weighted by molar-refractivity contribution is -0.134. The van der Waals surface area contributed by atoms with Gasteiger partial charge >= 0.3 is 0 Å². The molecule has 1 aliphatic rings. The molecule has 4 rings (SSSR count). The molecule has 132 valence electrons. The van der Waals surface area contributed by atoms with Crippen LogP contribution in [0.3, 0.4) is 0 Å². The molecule has 1 aliphatic carbocycles. The summed E-state index contributed by atoms with van der Waals surface area (Å²) in [6.45, 7) is 3.12. The van der Waals surface area contributed by atoms with E-state index in [0.29, 0.717) is 19.0 Å². The highest BCUT2D eigenvalue weighted by molar-refractivity contribution is 5.83. The van der Waals surface area contributed by atoms with Crippen molar-refractivity contribution >= 4 is 5.91 Å². The van der Waals surface area contributed by atoms with Gasteiger partial charge in [0.25, 0.3) is 0 Å². The van der Waals surface area contributed by atoms with Crippen molar-refractivity contribution < 1.29 is 9.21 Å². The maximum atomic E-state index is 13.2. The molecule has 1 fully saturated rings. The van der Waals surface area contributed by atoms with Gasteiger partial charge in [-0.2, -0.15) is 0 Å². The minimum absolute atomic E-state index is 0.0587. The van der Waals surface area contributed by atoms with E-state index in [1.165, 1.54) is 11.1 Å². The number of carbonyl (C=O) groups is 1. The van der Waals surface area contributed by atoms with E-state index in [0.717, 1.165) is 17.7 Å². The van der Waals surface area contributed by atoms with Gasteiger partial charge in [0.2, 0.25) is 5.91 Å². The first-order valence-corrected chi connectivity index (χ1v) is 8.97. The van der Waals surface area contributed by atoms with Gasteiger partial charge in [0, 0.05) is 24.9 Å². The molecule has 1 saturated carbocycles. The second kappa shape index (κ2) is 7.16. The quantitative estimate of drug-likeness (QED) is 0.668. The third kappa shape index (κ3) is 3.69. The van der Waals surface area contributed by atoms with Gasteiger partial charge < -0.3 is 9.32 Å². The molecule has 0 saturated heterocycles. The fourth-order valence-electron chi connectivity index (χ4n) is 3.49. The van der Waals surface area contributed by atoms with E-state index in [-0.39, 0.29) is 11.8 Å². The van der Waals surface area contributed by atoms with Gasteiger partial charge in [-0.25, -0.2) is 0 Å². The highest BCUT2D eigenvalue weighted by Crippen LogP contribution is 2.48. The largest absolute Gasteiger partial charge is 0.467 e. The lowest BCUT2D eigenvalue weighted by Gasteiger charge is -2.22. The molecule has 2 aromatic heterocycles. The zero-order valence-corrected chi connectivity index (χ0v) is 14.8. The molecule has 0 N–H and O–H groups in total. The van der Waals surface area contributed by atoms with Gasteiger partial charge in [-0.15, -0.1) is 0 Å². The van der Waals surface area contributed by atoms with Crippen molar-refractivity contribution in [1.82, 2.24) is 9.88 Å². The van der Waals surface area contributed by atoms with Crippen LogP contribution in [0.25, 0.3) is 0 Å². The van der Waals surface area contributed by atoms with Gasteiger partial charge in [0.1, 0.15) is 5.76 Å². The highest BCUT2D eigenvalue weighted by Gasteiger charge is 2.45. The second-order valence-corrected chi connectivity index (χ2v) is 7.00. The summed E-state index contributed by atoms with van der Waals surface area (Å²) < 4.78 is 5.47. The number of amides is 1. The molecule has 4 heteroatoms. The predicted octanol–water partition coefficient (Wildman–Crippen LogP) is 4.32. The third-order valence-electron chi connectivity index (χ3n) is 4.91. The number of rotatable bonds is 6. The number of pyridine rings is 1. The Hall–Kier alpha value is -2.88. The van der Waals surface area contributed by atoms with Crippen LogP contribution in [-0.4, -0.2) is 15.8 Å². The Kier molecular flexibility index (Phi) is 4.57. The molecule has 2 atom stereocenters. The molecule has 0 bridgehead atoms. The van der Waals surface area contributed by atoms with E-state index in [9.17, 15) is 4.79 Å². The smallest absolute Gasteiger partial charge is 0.227 e. The molecular formula is C22H22N2O2. The van der Waals surface area contributed by atoms with Crippen LogP contribution >= 0.6 is 0 Å². The first-order chi connectivity index (χ1) is 12.7. The number of aromatic nitrogens is 1. The summed E-state index contributed by atoms with van der Waals surface area (Å²) in [5.41, 5.74) is 3.53. The van der Waals surface area contributed by atoms with Crippen molar-refractivity contribution in [3.8, 4) is 0 Å². The Morgan fingerprint density at radius 1 is 1.19 bits per heavy atom. The Labute approximate surface area is 153 Å². The van der Waals surface area contributed by atoms with E-state index in [2.05, 4.69) is 36.2 Å². The molecule has 1 aromatic carbocycles. The molecule has 4 nitrogen and oxygen atoms in total. The molecule has 0 unspecified atom stereocenters. The fourth-order valence-corrected chi connectivity index (χ4v) is 3.49. The molecule has 0 spiro atoms. The summed E-state index contributed by atoms with van der Waals surface area (Å²) in [5.74, 6) is 1.38.